The maximum atomic E-state index is 4.73. The molecular weight excluding hydrogens is 399 g/mol. The number of likely N-dealkylation sites (tertiary alicyclic amines) is 1. The van der Waals surface area contributed by atoms with Gasteiger partial charge in [-0.05, 0) is 45.3 Å². The Morgan fingerprint density at radius 3 is 2.52 bits per heavy atom. The molecule has 130 valence electrons. The summed E-state index contributed by atoms with van der Waals surface area (Å²) in [6.07, 6.45) is 4.07. The second-order valence-corrected chi connectivity index (χ2v) is 5.94. The van der Waals surface area contributed by atoms with Crippen LogP contribution < -0.4 is 10.6 Å². The van der Waals surface area contributed by atoms with Crippen molar-refractivity contribution >= 4 is 29.9 Å². The van der Waals surface area contributed by atoms with Crippen LogP contribution in [-0.2, 0) is 0 Å². The van der Waals surface area contributed by atoms with Crippen LogP contribution in [0.2, 0.25) is 0 Å². The Morgan fingerprint density at radius 1 is 1.17 bits per heavy atom. The molecule has 0 saturated carbocycles. The largest absolute Gasteiger partial charge is 0.357 e. The zero-order chi connectivity index (χ0) is 15.6. The third-order valence-electron chi connectivity index (χ3n) is 4.13. The normalized spacial score (nSPS) is 17.2. The van der Waals surface area contributed by atoms with E-state index in [4.69, 9.17) is 4.99 Å². The Morgan fingerprint density at radius 2 is 1.87 bits per heavy atom. The van der Waals surface area contributed by atoms with Crippen molar-refractivity contribution in [1.82, 2.24) is 15.5 Å². The van der Waals surface area contributed by atoms with Crippen LogP contribution in [0.25, 0.3) is 0 Å². The van der Waals surface area contributed by atoms with Gasteiger partial charge in [-0.25, -0.2) is 0 Å². The van der Waals surface area contributed by atoms with Crippen LogP contribution in [0.3, 0.4) is 0 Å². The second-order valence-electron chi connectivity index (χ2n) is 5.94. The number of hydrogen-bond donors (Lipinski definition) is 2. The highest BCUT2D eigenvalue weighted by atomic mass is 127. The van der Waals surface area contributed by atoms with Crippen molar-refractivity contribution in [3.8, 4) is 0 Å². The minimum Gasteiger partial charge on any atom is -0.357 e. The summed E-state index contributed by atoms with van der Waals surface area (Å²) < 4.78 is 0. The summed E-state index contributed by atoms with van der Waals surface area (Å²) in [6.45, 7) is 9.56. The molecule has 1 aromatic rings. The van der Waals surface area contributed by atoms with Crippen LogP contribution in [-0.4, -0.2) is 43.6 Å². The third kappa shape index (κ3) is 7.52. The van der Waals surface area contributed by atoms with Gasteiger partial charge in [0.2, 0.25) is 0 Å². The molecule has 0 aromatic heterocycles. The van der Waals surface area contributed by atoms with Crippen molar-refractivity contribution in [3.63, 3.8) is 0 Å². The first-order chi connectivity index (χ1) is 10.8. The fourth-order valence-electron chi connectivity index (χ4n) is 2.84. The summed E-state index contributed by atoms with van der Waals surface area (Å²) in [4.78, 5) is 7.25. The second kappa shape index (κ2) is 11.7. The lowest BCUT2D eigenvalue weighted by atomic mass is 10.1. The van der Waals surface area contributed by atoms with Gasteiger partial charge < -0.3 is 15.5 Å². The van der Waals surface area contributed by atoms with E-state index in [9.17, 15) is 0 Å². The van der Waals surface area contributed by atoms with Crippen molar-refractivity contribution in [2.75, 3.05) is 32.7 Å². The lowest BCUT2D eigenvalue weighted by Gasteiger charge is -2.25. The molecule has 0 bridgehead atoms. The van der Waals surface area contributed by atoms with E-state index in [0.717, 1.165) is 25.6 Å². The van der Waals surface area contributed by atoms with Crippen molar-refractivity contribution in [2.24, 2.45) is 4.99 Å². The number of nitrogens with one attached hydrogen (secondary N) is 2. The Balaban J connectivity index is 0.00000264. The quantitative estimate of drug-likeness (QED) is 0.413. The van der Waals surface area contributed by atoms with Crippen LogP contribution in [0.15, 0.2) is 35.3 Å². The van der Waals surface area contributed by atoms with Gasteiger partial charge in [0, 0.05) is 13.1 Å². The summed E-state index contributed by atoms with van der Waals surface area (Å²) in [7, 11) is 0. The Hall–Kier alpha value is -0.820. The van der Waals surface area contributed by atoms with E-state index in [0.29, 0.717) is 0 Å². The minimum absolute atomic E-state index is 0. The van der Waals surface area contributed by atoms with Crippen molar-refractivity contribution in [2.45, 2.75) is 39.2 Å². The summed E-state index contributed by atoms with van der Waals surface area (Å²) >= 11 is 0. The summed E-state index contributed by atoms with van der Waals surface area (Å²) in [5, 5.41) is 6.83. The highest BCUT2D eigenvalue weighted by Gasteiger charge is 2.10. The molecule has 5 heteroatoms. The predicted molar refractivity (Wildman–Crippen MR) is 110 cm³/mol. The molecule has 0 spiro atoms. The molecule has 1 heterocycles. The van der Waals surface area contributed by atoms with Gasteiger partial charge in [-0.3, -0.25) is 4.99 Å². The first kappa shape index (κ1) is 20.2. The van der Waals surface area contributed by atoms with E-state index in [2.05, 4.69) is 53.6 Å². The smallest absolute Gasteiger partial charge is 0.191 e. The van der Waals surface area contributed by atoms with E-state index >= 15 is 0 Å². The Labute approximate surface area is 158 Å². The lowest BCUT2D eigenvalue weighted by Crippen LogP contribution is -2.39. The summed E-state index contributed by atoms with van der Waals surface area (Å²) in [5.41, 5.74) is 1.28. The van der Waals surface area contributed by atoms with E-state index in [1.807, 2.05) is 6.07 Å². The van der Waals surface area contributed by atoms with Gasteiger partial charge in [-0.2, -0.15) is 0 Å². The predicted octanol–water partition coefficient (Wildman–Crippen LogP) is 3.41. The number of piperidine rings is 1. The molecule has 0 aliphatic carbocycles. The average molecular weight is 430 g/mol. The maximum Gasteiger partial charge on any atom is 0.191 e. The fraction of sp³-hybridized carbons (Fsp3) is 0.611. The molecule has 1 fully saturated rings. The number of nitrogens with zero attached hydrogens (tertiary/aromatic N) is 2. The molecule has 1 unspecified atom stereocenters. The first-order valence-corrected chi connectivity index (χ1v) is 8.61. The highest BCUT2D eigenvalue weighted by Crippen LogP contribution is 2.11. The molecule has 0 amide bonds. The molecular formula is C18H31IN4. The SMILES string of the molecule is CCNC(=NCCN1CCCCC1)NC(C)c1ccccc1.I. The Bertz CT molecular complexity index is 444. The van der Waals surface area contributed by atoms with Crippen LogP contribution >= 0.6 is 24.0 Å². The third-order valence-corrected chi connectivity index (χ3v) is 4.13. The number of halogens is 1. The Kier molecular flexibility index (Phi) is 10.3. The molecule has 1 saturated heterocycles. The molecule has 1 aliphatic rings. The van der Waals surface area contributed by atoms with E-state index in [-0.39, 0.29) is 30.0 Å². The summed E-state index contributed by atoms with van der Waals surface area (Å²) in [5.74, 6) is 0.913. The average Bonchev–Trinajstić information content (AvgIpc) is 2.57. The maximum absolute atomic E-state index is 4.73. The number of hydrogen-bond acceptors (Lipinski definition) is 2. The van der Waals surface area contributed by atoms with Gasteiger partial charge in [-0.15, -0.1) is 24.0 Å². The molecule has 1 aliphatic heterocycles. The molecule has 1 atom stereocenters. The lowest BCUT2D eigenvalue weighted by molar-refractivity contribution is 0.235. The molecule has 2 N–H and O–H groups in total. The van der Waals surface area contributed by atoms with Gasteiger partial charge in [0.05, 0.1) is 12.6 Å². The molecule has 23 heavy (non-hydrogen) atoms. The monoisotopic (exact) mass is 430 g/mol. The molecule has 2 rings (SSSR count). The van der Waals surface area contributed by atoms with Crippen LogP contribution in [0.1, 0.15) is 44.7 Å². The minimum atomic E-state index is 0. The highest BCUT2D eigenvalue weighted by molar-refractivity contribution is 14.0. The molecule has 4 nitrogen and oxygen atoms in total. The van der Waals surface area contributed by atoms with Crippen LogP contribution in [0, 0.1) is 0 Å². The van der Waals surface area contributed by atoms with Gasteiger partial charge in [-0.1, -0.05) is 36.8 Å². The van der Waals surface area contributed by atoms with Crippen molar-refractivity contribution < 1.29 is 0 Å². The van der Waals surface area contributed by atoms with Gasteiger partial charge in [0.15, 0.2) is 5.96 Å². The van der Waals surface area contributed by atoms with Crippen molar-refractivity contribution in [3.05, 3.63) is 35.9 Å². The van der Waals surface area contributed by atoms with Crippen LogP contribution in [0.5, 0.6) is 0 Å². The van der Waals surface area contributed by atoms with Gasteiger partial charge in [0.25, 0.3) is 0 Å². The number of aliphatic imine (C=N–C) groups is 1. The molecule has 0 radical (unpaired) electrons. The first-order valence-electron chi connectivity index (χ1n) is 8.61. The standard InChI is InChI=1S/C18H30N4.HI/c1-3-19-18(20-12-15-22-13-8-5-9-14-22)21-16(2)17-10-6-4-7-11-17;/h4,6-7,10-11,16H,3,5,8-9,12-15H2,1-2H3,(H2,19,20,21);1H. The zero-order valence-electron chi connectivity index (χ0n) is 14.4. The number of benzene rings is 1. The topological polar surface area (TPSA) is 39.7 Å². The van der Waals surface area contributed by atoms with Crippen molar-refractivity contribution in [1.29, 1.82) is 0 Å². The van der Waals surface area contributed by atoms with E-state index < -0.39 is 0 Å². The fourth-order valence-corrected chi connectivity index (χ4v) is 2.84. The van der Waals surface area contributed by atoms with Gasteiger partial charge >= 0.3 is 0 Å². The number of guanidine groups is 1. The van der Waals surface area contributed by atoms with E-state index in [1.165, 1.54) is 37.9 Å². The van der Waals surface area contributed by atoms with Crippen LogP contribution in [0.4, 0.5) is 0 Å². The zero-order valence-corrected chi connectivity index (χ0v) is 16.8. The number of rotatable bonds is 6. The van der Waals surface area contributed by atoms with Gasteiger partial charge in [0.1, 0.15) is 0 Å². The van der Waals surface area contributed by atoms with E-state index in [1.54, 1.807) is 0 Å². The molecule has 1 aromatic carbocycles. The summed E-state index contributed by atoms with van der Waals surface area (Å²) in [6, 6.07) is 10.8.